The average Bonchev–Trinajstić information content (AvgIpc) is 3.03. The van der Waals surface area contributed by atoms with Crippen molar-refractivity contribution < 1.29 is 33.4 Å². The molecule has 0 saturated heterocycles. The van der Waals surface area contributed by atoms with E-state index in [0.717, 1.165) is 11.4 Å². The largest absolute Gasteiger partial charge is 0.465 e. The predicted molar refractivity (Wildman–Crippen MR) is 108 cm³/mol. The van der Waals surface area contributed by atoms with Gasteiger partial charge in [-0.1, -0.05) is 0 Å². The van der Waals surface area contributed by atoms with Crippen molar-refractivity contribution in [1.82, 2.24) is 4.57 Å². The molecule has 0 aliphatic rings. The highest BCUT2D eigenvalue weighted by atomic mass is 16.5. The van der Waals surface area contributed by atoms with Gasteiger partial charge in [-0.25, -0.2) is 14.4 Å². The fourth-order valence-electron chi connectivity index (χ4n) is 3.07. The molecule has 9 nitrogen and oxygen atoms in total. The van der Waals surface area contributed by atoms with E-state index in [1.54, 1.807) is 13.0 Å². The van der Waals surface area contributed by atoms with E-state index in [4.69, 9.17) is 4.74 Å². The van der Waals surface area contributed by atoms with Crippen LogP contribution in [0.3, 0.4) is 0 Å². The number of amides is 1. The summed E-state index contributed by atoms with van der Waals surface area (Å²) in [4.78, 5) is 48.3. The number of hydrogen-bond donors (Lipinski definition) is 1. The fraction of sp³-hybridized carbons (Fsp3) is 0.333. The quantitative estimate of drug-likeness (QED) is 0.545. The molecule has 0 aliphatic heterocycles. The van der Waals surface area contributed by atoms with E-state index in [1.807, 2.05) is 18.4 Å². The number of esters is 3. The van der Waals surface area contributed by atoms with Crippen LogP contribution in [0.15, 0.2) is 24.3 Å². The van der Waals surface area contributed by atoms with Gasteiger partial charge in [0.15, 0.2) is 6.61 Å². The second-order valence-corrected chi connectivity index (χ2v) is 6.40. The van der Waals surface area contributed by atoms with Crippen LogP contribution >= 0.6 is 0 Å². The highest BCUT2D eigenvalue weighted by Crippen LogP contribution is 2.20. The lowest BCUT2D eigenvalue weighted by molar-refractivity contribution is -0.119. The molecule has 0 aliphatic carbocycles. The maximum atomic E-state index is 12.4. The van der Waals surface area contributed by atoms with Crippen molar-refractivity contribution in [1.29, 1.82) is 0 Å². The molecule has 1 amide bonds. The van der Waals surface area contributed by atoms with E-state index in [-0.39, 0.29) is 16.8 Å². The maximum absolute atomic E-state index is 12.4. The van der Waals surface area contributed by atoms with Crippen LogP contribution in [0.25, 0.3) is 0 Å². The van der Waals surface area contributed by atoms with Crippen LogP contribution in [-0.2, 0) is 25.5 Å². The van der Waals surface area contributed by atoms with Crippen molar-refractivity contribution in [2.24, 2.45) is 0 Å². The third kappa shape index (κ3) is 4.86. The normalized spacial score (nSPS) is 10.3. The number of nitrogens with zero attached hydrogens (tertiary/aromatic N) is 1. The van der Waals surface area contributed by atoms with Crippen molar-refractivity contribution in [2.75, 3.05) is 26.1 Å². The minimum absolute atomic E-state index is 0.0370. The Hall–Kier alpha value is -3.62. The summed E-state index contributed by atoms with van der Waals surface area (Å²) < 4.78 is 16.4. The molecule has 1 aromatic carbocycles. The van der Waals surface area contributed by atoms with E-state index in [1.165, 1.54) is 32.4 Å². The van der Waals surface area contributed by atoms with Crippen LogP contribution in [0, 0.1) is 13.8 Å². The van der Waals surface area contributed by atoms with E-state index in [2.05, 4.69) is 14.8 Å². The first-order valence-corrected chi connectivity index (χ1v) is 9.17. The summed E-state index contributed by atoms with van der Waals surface area (Å²) in [5.74, 6) is -2.65. The van der Waals surface area contributed by atoms with Gasteiger partial charge in [-0.15, -0.1) is 0 Å². The number of carbonyl (C=O) groups is 4. The van der Waals surface area contributed by atoms with Gasteiger partial charge >= 0.3 is 17.9 Å². The van der Waals surface area contributed by atoms with Crippen molar-refractivity contribution in [3.8, 4) is 0 Å². The minimum atomic E-state index is -0.703. The SMILES string of the molecule is CCn1c(C)cc(C(=O)OCC(=O)Nc2cc(C(=O)OC)ccc2C(=O)OC)c1C. The summed E-state index contributed by atoms with van der Waals surface area (Å²) in [6.45, 7) is 5.77. The van der Waals surface area contributed by atoms with Gasteiger partial charge in [0, 0.05) is 17.9 Å². The van der Waals surface area contributed by atoms with Crippen LogP contribution in [-0.4, -0.2) is 49.2 Å². The van der Waals surface area contributed by atoms with Crippen LogP contribution in [0.2, 0.25) is 0 Å². The first-order chi connectivity index (χ1) is 14.2. The van der Waals surface area contributed by atoms with E-state index in [9.17, 15) is 19.2 Å². The van der Waals surface area contributed by atoms with Crippen LogP contribution in [0.5, 0.6) is 0 Å². The molecular weight excluding hydrogens is 392 g/mol. The first-order valence-electron chi connectivity index (χ1n) is 9.17. The lowest BCUT2D eigenvalue weighted by Crippen LogP contribution is -2.23. The number of rotatable bonds is 7. The van der Waals surface area contributed by atoms with Crippen molar-refractivity contribution in [3.05, 3.63) is 52.3 Å². The molecule has 0 unspecified atom stereocenters. The van der Waals surface area contributed by atoms with Gasteiger partial charge in [0.25, 0.3) is 5.91 Å². The number of benzene rings is 1. The Morgan fingerprint density at radius 2 is 1.60 bits per heavy atom. The number of carbonyl (C=O) groups excluding carboxylic acids is 4. The zero-order chi connectivity index (χ0) is 22.4. The molecule has 0 radical (unpaired) electrons. The highest BCUT2D eigenvalue weighted by molar-refractivity contribution is 6.04. The van der Waals surface area contributed by atoms with Gasteiger partial charge in [0.2, 0.25) is 0 Å². The smallest absolute Gasteiger partial charge is 0.340 e. The van der Waals surface area contributed by atoms with Gasteiger partial charge in [-0.3, -0.25) is 4.79 Å². The molecule has 0 fully saturated rings. The first kappa shape index (κ1) is 22.7. The average molecular weight is 416 g/mol. The third-order valence-corrected chi connectivity index (χ3v) is 4.56. The summed E-state index contributed by atoms with van der Waals surface area (Å²) >= 11 is 0. The molecule has 30 heavy (non-hydrogen) atoms. The predicted octanol–water partition coefficient (Wildman–Crippen LogP) is 2.49. The summed E-state index contributed by atoms with van der Waals surface area (Å²) in [6, 6.07) is 5.69. The molecule has 2 aromatic rings. The highest BCUT2D eigenvalue weighted by Gasteiger charge is 2.20. The molecule has 0 atom stereocenters. The Bertz CT molecular complexity index is 991. The molecule has 160 valence electrons. The summed E-state index contributed by atoms with van der Waals surface area (Å²) in [6.07, 6.45) is 0. The zero-order valence-electron chi connectivity index (χ0n) is 17.5. The Labute approximate surface area is 173 Å². The van der Waals surface area contributed by atoms with Crippen molar-refractivity contribution in [3.63, 3.8) is 0 Å². The molecule has 0 saturated carbocycles. The summed E-state index contributed by atoms with van der Waals surface area (Å²) in [5, 5.41) is 2.46. The molecular formula is C21H24N2O7. The zero-order valence-corrected chi connectivity index (χ0v) is 17.5. The monoisotopic (exact) mass is 416 g/mol. The molecule has 9 heteroatoms. The van der Waals surface area contributed by atoms with Crippen LogP contribution < -0.4 is 5.32 Å². The molecule has 1 N–H and O–H groups in total. The minimum Gasteiger partial charge on any atom is -0.465 e. The Balaban J connectivity index is 2.14. The third-order valence-electron chi connectivity index (χ3n) is 4.56. The molecule has 1 aromatic heterocycles. The van der Waals surface area contributed by atoms with E-state index < -0.39 is 30.4 Å². The Morgan fingerprint density at radius 3 is 2.17 bits per heavy atom. The summed E-state index contributed by atoms with van der Waals surface area (Å²) in [5.41, 5.74) is 2.24. The Morgan fingerprint density at radius 1 is 0.933 bits per heavy atom. The summed E-state index contributed by atoms with van der Waals surface area (Å²) in [7, 11) is 2.40. The van der Waals surface area contributed by atoms with Crippen molar-refractivity contribution >= 4 is 29.5 Å². The topological polar surface area (TPSA) is 113 Å². The van der Waals surface area contributed by atoms with E-state index in [0.29, 0.717) is 12.1 Å². The second kappa shape index (κ2) is 9.73. The van der Waals surface area contributed by atoms with E-state index >= 15 is 0 Å². The van der Waals surface area contributed by atoms with Gasteiger partial charge in [-0.2, -0.15) is 0 Å². The lowest BCUT2D eigenvalue weighted by Gasteiger charge is -2.12. The van der Waals surface area contributed by atoms with Gasteiger partial charge < -0.3 is 24.1 Å². The van der Waals surface area contributed by atoms with Gasteiger partial charge in [0.1, 0.15) is 0 Å². The molecule has 1 heterocycles. The van der Waals surface area contributed by atoms with Crippen LogP contribution in [0.1, 0.15) is 49.4 Å². The number of aryl methyl sites for hydroxylation is 1. The molecule has 0 spiro atoms. The number of aromatic nitrogens is 1. The molecule has 0 bridgehead atoms. The lowest BCUT2D eigenvalue weighted by atomic mass is 10.1. The molecule has 2 rings (SSSR count). The number of ether oxygens (including phenoxy) is 3. The number of nitrogens with one attached hydrogen (secondary N) is 1. The Kier molecular flexibility index (Phi) is 7.35. The number of methoxy groups -OCH3 is 2. The van der Waals surface area contributed by atoms with Crippen LogP contribution in [0.4, 0.5) is 5.69 Å². The van der Waals surface area contributed by atoms with Gasteiger partial charge in [0.05, 0.1) is 36.6 Å². The van der Waals surface area contributed by atoms with Crippen molar-refractivity contribution in [2.45, 2.75) is 27.3 Å². The number of anilines is 1. The maximum Gasteiger partial charge on any atom is 0.340 e. The van der Waals surface area contributed by atoms with Gasteiger partial charge in [-0.05, 0) is 45.0 Å². The fourth-order valence-corrected chi connectivity index (χ4v) is 3.07. The number of hydrogen-bond acceptors (Lipinski definition) is 7. The second-order valence-electron chi connectivity index (χ2n) is 6.40. The standard InChI is InChI=1S/C21H24N2O7/c1-6-23-12(2)9-16(13(23)3)21(27)30-11-18(24)22-17-10-14(19(25)28-4)7-8-15(17)20(26)29-5/h7-10H,6,11H2,1-5H3,(H,22,24).